The summed E-state index contributed by atoms with van der Waals surface area (Å²) < 4.78 is 0. The second-order valence-corrected chi connectivity index (χ2v) is 9.17. The van der Waals surface area contributed by atoms with Crippen LogP contribution in [0.5, 0.6) is 0 Å². The van der Waals surface area contributed by atoms with Crippen molar-refractivity contribution in [1.82, 2.24) is 10.3 Å². The van der Waals surface area contributed by atoms with Crippen LogP contribution in [0.4, 0.5) is 0 Å². The second kappa shape index (κ2) is 8.40. The molecule has 1 heterocycles. The Morgan fingerprint density at radius 3 is 2.55 bits per heavy atom. The standard InChI is InChI=1S/C16H30N2S2/c1-7-8-17-13(10-19-12(2)3)9-15-18-14(11-20-15)16(4,5)6/h11-13,17H,7-10H2,1-6H3. The zero-order valence-corrected chi connectivity index (χ0v) is 15.5. The number of thiazole rings is 1. The van der Waals surface area contributed by atoms with E-state index in [1.165, 1.54) is 22.9 Å². The number of nitrogens with zero attached hydrogens (tertiary/aromatic N) is 1. The molecule has 0 spiro atoms. The van der Waals surface area contributed by atoms with Crippen molar-refractivity contribution in [2.75, 3.05) is 12.3 Å². The third kappa shape index (κ3) is 6.59. The van der Waals surface area contributed by atoms with Gasteiger partial charge in [-0.3, -0.25) is 0 Å². The first-order chi connectivity index (χ1) is 9.32. The van der Waals surface area contributed by atoms with Gasteiger partial charge in [-0.2, -0.15) is 11.8 Å². The molecule has 1 aromatic heterocycles. The molecule has 0 fully saturated rings. The van der Waals surface area contributed by atoms with Gasteiger partial charge in [0.15, 0.2) is 0 Å². The Labute approximate surface area is 133 Å². The Morgan fingerprint density at radius 1 is 1.35 bits per heavy atom. The number of aromatic nitrogens is 1. The number of thioether (sulfide) groups is 1. The van der Waals surface area contributed by atoms with E-state index in [9.17, 15) is 0 Å². The molecule has 0 saturated heterocycles. The Morgan fingerprint density at radius 2 is 2.05 bits per heavy atom. The summed E-state index contributed by atoms with van der Waals surface area (Å²) in [6.45, 7) is 14.5. The Kier molecular flexibility index (Phi) is 7.56. The SMILES string of the molecule is CCCNC(CSC(C)C)Cc1nc(C(C)(C)C)cs1. The number of rotatable bonds is 8. The van der Waals surface area contributed by atoms with Crippen LogP contribution in [0.2, 0.25) is 0 Å². The average Bonchev–Trinajstić information content (AvgIpc) is 2.80. The highest BCUT2D eigenvalue weighted by Crippen LogP contribution is 2.25. The molecule has 1 aromatic rings. The highest BCUT2D eigenvalue weighted by atomic mass is 32.2. The zero-order valence-electron chi connectivity index (χ0n) is 13.8. The molecule has 1 unspecified atom stereocenters. The van der Waals surface area contributed by atoms with Crippen LogP contribution in [0.25, 0.3) is 0 Å². The minimum atomic E-state index is 0.160. The van der Waals surface area contributed by atoms with Crippen LogP contribution in [-0.4, -0.2) is 28.6 Å². The minimum Gasteiger partial charge on any atom is -0.313 e. The highest BCUT2D eigenvalue weighted by Gasteiger charge is 2.19. The number of hydrogen-bond acceptors (Lipinski definition) is 4. The van der Waals surface area contributed by atoms with Gasteiger partial charge in [0.1, 0.15) is 0 Å². The average molecular weight is 315 g/mol. The van der Waals surface area contributed by atoms with Crippen LogP contribution in [0.1, 0.15) is 58.7 Å². The number of nitrogens with one attached hydrogen (secondary N) is 1. The van der Waals surface area contributed by atoms with E-state index in [0.29, 0.717) is 11.3 Å². The fraction of sp³-hybridized carbons (Fsp3) is 0.812. The van der Waals surface area contributed by atoms with Crippen LogP contribution in [0.15, 0.2) is 5.38 Å². The van der Waals surface area contributed by atoms with Gasteiger partial charge in [-0.1, -0.05) is 41.5 Å². The summed E-state index contributed by atoms with van der Waals surface area (Å²) in [4.78, 5) is 4.83. The van der Waals surface area contributed by atoms with E-state index in [1.54, 1.807) is 0 Å². The molecular weight excluding hydrogens is 284 g/mol. The molecule has 1 rings (SSSR count). The van der Waals surface area contributed by atoms with Crippen LogP contribution >= 0.6 is 23.1 Å². The summed E-state index contributed by atoms with van der Waals surface area (Å²) in [5, 5.41) is 7.86. The molecule has 4 heteroatoms. The Balaban J connectivity index is 2.61. The molecule has 0 aliphatic rings. The van der Waals surface area contributed by atoms with Gasteiger partial charge in [0.05, 0.1) is 10.7 Å². The van der Waals surface area contributed by atoms with Crippen LogP contribution < -0.4 is 5.32 Å². The molecule has 0 aromatic carbocycles. The first-order valence-corrected chi connectivity index (χ1v) is 9.55. The molecule has 0 bridgehead atoms. The lowest BCUT2D eigenvalue weighted by Gasteiger charge is -2.18. The summed E-state index contributed by atoms with van der Waals surface area (Å²) in [6.07, 6.45) is 2.24. The normalized spacial score (nSPS) is 13.9. The van der Waals surface area contributed by atoms with Crippen molar-refractivity contribution in [1.29, 1.82) is 0 Å². The fourth-order valence-electron chi connectivity index (χ4n) is 1.81. The fourth-order valence-corrected chi connectivity index (χ4v) is 3.76. The van der Waals surface area contributed by atoms with Gasteiger partial charge in [0.2, 0.25) is 0 Å². The van der Waals surface area contributed by atoms with E-state index in [1.807, 2.05) is 23.1 Å². The molecule has 0 aliphatic carbocycles. The van der Waals surface area contributed by atoms with Crippen LogP contribution in [0, 0.1) is 0 Å². The third-order valence-corrected chi connectivity index (χ3v) is 5.19. The van der Waals surface area contributed by atoms with E-state index in [0.717, 1.165) is 13.0 Å². The smallest absolute Gasteiger partial charge is 0.0944 e. The van der Waals surface area contributed by atoms with Gasteiger partial charge in [-0.25, -0.2) is 4.98 Å². The van der Waals surface area contributed by atoms with E-state index in [-0.39, 0.29) is 5.41 Å². The predicted molar refractivity (Wildman–Crippen MR) is 94.2 cm³/mol. The third-order valence-electron chi connectivity index (χ3n) is 3.05. The monoisotopic (exact) mass is 314 g/mol. The Hall–Kier alpha value is -0.0600. The van der Waals surface area contributed by atoms with E-state index < -0.39 is 0 Å². The molecule has 0 aliphatic heterocycles. The first kappa shape index (κ1) is 18.0. The highest BCUT2D eigenvalue weighted by molar-refractivity contribution is 7.99. The quantitative estimate of drug-likeness (QED) is 0.765. The van der Waals surface area contributed by atoms with Crippen molar-refractivity contribution in [3.63, 3.8) is 0 Å². The maximum absolute atomic E-state index is 4.83. The summed E-state index contributed by atoms with van der Waals surface area (Å²) in [7, 11) is 0. The molecule has 20 heavy (non-hydrogen) atoms. The lowest BCUT2D eigenvalue weighted by molar-refractivity contribution is 0.541. The van der Waals surface area contributed by atoms with Crippen LogP contribution in [-0.2, 0) is 11.8 Å². The molecular formula is C16H30N2S2. The van der Waals surface area contributed by atoms with Gasteiger partial charge in [-0.15, -0.1) is 11.3 Å². The molecule has 2 nitrogen and oxygen atoms in total. The predicted octanol–water partition coefficient (Wildman–Crippen LogP) is 4.49. The van der Waals surface area contributed by atoms with Crippen molar-refractivity contribution in [3.8, 4) is 0 Å². The maximum Gasteiger partial charge on any atom is 0.0944 e. The first-order valence-electron chi connectivity index (χ1n) is 7.62. The summed E-state index contributed by atoms with van der Waals surface area (Å²) in [5.74, 6) is 1.17. The van der Waals surface area contributed by atoms with Crippen molar-refractivity contribution in [3.05, 3.63) is 16.1 Å². The number of hydrogen-bond donors (Lipinski definition) is 1. The van der Waals surface area contributed by atoms with Gasteiger partial charge in [0.25, 0.3) is 0 Å². The summed E-state index contributed by atoms with van der Waals surface area (Å²) in [6, 6.07) is 0.543. The van der Waals surface area contributed by atoms with Gasteiger partial charge in [-0.05, 0) is 18.2 Å². The Bertz CT molecular complexity index is 380. The molecule has 0 radical (unpaired) electrons. The van der Waals surface area contributed by atoms with E-state index in [2.05, 4.69) is 52.2 Å². The van der Waals surface area contributed by atoms with Crippen molar-refractivity contribution < 1.29 is 0 Å². The van der Waals surface area contributed by atoms with Crippen molar-refractivity contribution in [2.45, 2.75) is 71.1 Å². The van der Waals surface area contributed by atoms with Gasteiger partial charge >= 0.3 is 0 Å². The minimum absolute atomic E-state index is 0.160. The molecule has 1 atom stereocenters. The van der Waals surface area contributed by atoms with E-state index >= 15 is 0 Å². The molecule has 1 N–H and O–H groups in total. The van der Waals surface area contributed by atoms with Crippen molar-refractivity contribution in [2.24, 2.45) is 0 Å². The second-order valence-electron chi connectivity index (χ2n) is 6.61. The summed E-state index contributed by atoms with van der Waals surface area (Å²) >= 11 is 3.85. The molecule has 0 saturated carbocycles. The lowest BCUT2D eigenvalue weighted by atomic mass is 9.93. The van der Waals surface area contributed by atoms with Crippen molar-refractivity contribution >= 4 is 23.1 Å². The molecule has 0 amide bonds. The van der Waals surface area contributed by atoms with E-state index in [4.69, 9.17) is 4.98 Å². The van der Waals surface area contributed by atoms with Crippen LogP contribution in [0.3, 0.4) is 0 Å². The molecule has 116 valence electrons. The van der Waals surface area contributed by atoms with Gasteiger partial charge in [0, 0.05) is 29.0 Å². The largest absolute Gasteiger partial charge is 0.313 e. The zero-order chi connectivity index (χ0) is 15.2. The van der Waals surface area contributed by atoms with Gasteiger partial charge < -0.3 is 5.32 Å². The lowest BCUT2D eigenvalue weighted by Crippen LogP contribution is -2.34. The summed E-state index contributed by atoms with van der Waals surface area (Å²) in [5.41, 5.74) is 1.39. The maximum atomic E-state index is 4.83. The topological polar surface area (TPSA) is 24.9 Å².